The topological polar surface area (TPSA) is 58.2 Å². The highest BCUT2D eigenvalue weighted by atomic mass is 35.5. The van der Waals surface area contributed by atoms with Crippen molar-refractivity contribution < 1.29 is 9.59 Å². The van der Waals surface area contributed by atoms with E-state index in [0.29, 0.717) is 16.4 Å². The van der Waals surface area contributed by atoms with E-state index in [1.165, 1.54) is 0 Å². The predicted octanol–water partition coefficient (Wildman–Crippen LogP) is 2.92. The van der Waals surface area contributed by atoms with E-state index in [1.807, 2.05) is 6.07 Å². The van der Waals surface area contributed by atoms with E-state index in [9.17, 15) is 9.59 Å². The van der Waals surface area contributed by atoms with Crippen molar-refractivity contribution in [3.8, 4) is 0 Å². The van der Waals surface area contributed by atoms with Crippen molar-refractivity contribution in [3.05, 3.63) is 59.6 Å². The number of hydrogen-bond acceptors (Lipinski definition) is 2. The average molecular weight is 275 g/mol. The fourth-order valence-electron chi connectivity index (χ4n) is 1.45. The summed E-state index contributed by atoms with van der Waals surface area (Å²) in [6.07, 6.45) is 0. The number of nitrogens with one attached hydrogen (secondary N) is 2. The number of rotatable bonds is 2. The fourth-order valence-corrected chi connectivity index (χ4v) is 1.63. The van der Waals surface area contributed by atoms with Crippen LogP contribution in [0.2, 0.25) is 5.02 Å². The smallest absolute Gasteiger partial charge is 0.314 e. The molecule has 0 aromatic heterocycles. The van der Waals surface area contributed by atoms with E-state index in [0.717, 1.165) is 0 Å². The molecule has 0 fully saturated rings. The molecule has 0 heterocycles. The molecule has 0 aliphatic rings. The Hall–Kier alpha value is -2.33. The van der Waals surface area contributed by atoms with Crippen LogP contribution < -0.4 is 10.6 Å². The number of amides is 2. The van der Waals surface area contributed by atoms with Crippen LogP contribution in [0.15, 0.2) is 54.6 Å². The summed E-state index contributed by atoms with van der Waals surface area (Å²) in [6, 6.07) is 15.4. The molecule has 0 unspecified atom stereocenters. The van der Waals surface area contributed by atoms with Crippen molar-refractivity contribution >= 4 is 34.8 Å². The minimum absolute atomic E-state index is 0.378. The molecule has 0 saturated heterocycles. The summed E-state index contributed by atoms with van der Waals surface area (Å²) in [6.45, 7) is 0. The Morgan fingerprint density at radius 3 is 2.05 bits per heavy atom. The first-order valence-corrected chi connectivity index (χ1v) is 5.96. The molecule has 0 spiro atoms. The zero-order chi connectivity index (χ0) is 13.7. The first-order chi connectivity index (χ1) is 9.16. The van der Waals surface area contributed by atoms with Crippen LogP contribution in [0.1, 0.15) is 0 Å². The van der Waals surface area contributed by atoms with E-state index in [-0.39, 0.29) is 0 Å². The first-order valence-electron chi connectivity index (χ1n) is 5.59. The van der Waals surface area contributed by atoms with Gasteiger partial charge >= 0.3 is 11.8 Å². The highest BCUT2D eigenvalue weighted by Crippen LogP contribution is 2.20. The second kappa shape index (κ2) is 6.02. The van der Waals surface area contributed by atoms with Gasteiger partial charge in [0.2, 0.25) is 0 Å². The normalized spacial score (nSPS) is 9.74. The molecular weight excluding hydrogens is 264 g/mol. The second-order valence-corrected chi connectivity index (χ2v) is 4.16. The molecule has 2 aromatic rings. The van der Waals surface area contributed by atoms with Gasteiger partial charge in [0, 0.05) is 5.69 Å². The lowest BCUT2D eigenvalue weighted by molar-refractivity contribution is -0.132. The van der Waals surface area contributed by atoms with Gasteiger partial charge in [0.05, 0.1) is 10.7 Å². The summed E-state index contributed by atoms with van der Waals surface area (Å²) in [4.78, 5) is 23.3. The average Bonchev–Trinajstić information content (AvgIpc) is 2.42. The summed E-state index contributed by atoms with van der Waals surface area (Å²) in [5.74, 6) is -1.51. The third-order valence-electron chi connectivity index (χ3n) is 2.36. The third kappa shape index (κ3) is 3.56. The largest absolute Gasteiger partial charge is 0.318 e. The maximum absolute atomic E-state index is 11.7. The van der Waals surface area contributed by atoms with Crippen LogP contribution in [-0.4, -0.2) is 11.8 Å². The molecule has 0 aliphatic carbocycles. The summed E-state index contributed by atoms with van der Waals surface area (Å²) < 4.78 is 0. The Morgan fingerprint density at radius 2 is 1.37 bits per heavy atom. The Bertz CT molecular complexity index is 599. The predicted molar refractivity (Wildman–Crippen MR) is 75.2 cm³/mol. The minimum atomic E-state index is -0.767. The second-order valence-electron chi connectivity index (χ2n) is 3.75. The van der Waals surface area contributed by atoms with Crippen molar-refractivity contribution in [3.63, 3.8) is 0 Å². The third-order valence-corrected chi connectivity index (χ3v) is 2.69. The van der Waals surface area contributed by atoms with Crippen molar-refractivity contribution in [1.29, 1.82) is 0 Å². The monoisotopic (exact) mass is 274 g/mol. The molecular formula is C14H11ClN2O2. The van der Waals surface area contributed by atoms with Crippen molar-refractivity contribution in [2.75, 3.05) is 10.6 Å². The molecule has 2 amide bonds. The Morgan fingerprint density at radius 1 is 0.789 bits per heavy atom. The number of benzene rings is 2. The Kier molecular flexibility index (Phi) is 4.15. The van der Waals surface area contributed by atoms with Gasteiger partial charge in [0.15, 0.2) is 0 Å². The Balaban J connectivity index is 2.01. The van der Waals surface area contributed by atoms with Crippen LogP contribution in [0.5, 0.6) is 0 Å². The van der Waals surface area contributed by atoms with E-state index in [2.05, 4.69) is 10.6 Å². The van der Waals surface area contributed by atoms with Crippen molar-refractivity contribution in [2.24, 2.45) is 0 Å². The van der Waals surface area contributed by atoms with Crippen molar-refractivity contribution in [2.45, 2.75) is 0 Å². The van der Waals surface area contributed by atoms with Crippen LogP contribution in [0.4, 0.5) is 11.4 Å². The first kappa shape index (κ1) is 13.1. The molecule has 0 radical (unpaired) electrons. The van der Waals surface area contributed by atoms with Gasteiger partial charge in [0.25, 0.3) is 0 Å². The molecule has 0 saturated carbocycles. The molecule has 0 atom stereocenters. The van der Waals surface area contributed by atoms with E-state index in [1.54, 1.807) is 48.5 Å². The maximum Gasteiger partial charge on any atom is 0.314 e. The van der Waals surface area contributed by atoms with E-state index >= 15 is 0 Å². The number of hydrogen-bond donors (Lipinski definition) is 2. The van der Waals surface area contributed by atoms with Gasteiger partial charge < -0.3 is 10.6 Å². The van der Waals surface area contributed by atoms with Gasteiger partial charge in [-0.15, -0.1) is 0 Å². The minimum Gasteiger partial charge on any atom is -0.318 e. The van der Waals surface area contributed by atoms with Crippen LogP contribution >= 0.6 is 11.6 Å². The van der Waals surface area contributed by atoms with Crippen LogP contribution in [-0.2, 0) is 9.59 Å². The van der Waals surface area contributed by atoms with Crippen LogP contribution in [0.3, 0.4) is 0 Å². The number of halogens is 1. The van der Waals surface area contributed by atoms with E-state index in [4.69, 9.17) is 11.6 Å². The van der Waals surface area contributed by atoms with Crippen molar-refractivity contribution in [1.82, 2.24) is 0 Å². The van der Waals surface area contributed by atoms with Gasteiger partial charge in [-0.1, -0.05) is 41.9 Å². The number of carbonyl (C=O) groups is 2. The summed E-state index contributed by atoms with van der Waals surface area (Å²) in [7, 11) is 0. The van der Waals surface area contributed by atoms with Gasteiger partial charge in [-0.25, -0.2) is 0 Å². The molecule has 96 valence electrons. The van der Waals surface area contributed by atoms with E-state index < -0.39 is 11.8 Å². The van der Waals surface area contributed by atoms with Gasteiger partial charge in [0.1, 0.15) is 0 Å². The van der Waals surface area contributed by atoms with Gasteiger partial charge in [-0.3, -0.25) is 9.59 Å². The zero-order valence-corrected chi connectivity index (χ0v) is 10.6. The summed E-state index contributed by atoms with van der Waals surface area (Å²) in [5.41, 5.74) is 0.958. The number of anilines is 2. The highest BCUT2D eigenvalue weighted by Gasteiger charge is 2.14. The SMILES string of the molecule is O=C(Nc1ccccc1)C(=O)Nc1ccccc1Cl. The molecule has 0 aliphatic heterocycles. The lowest BCUT2D eigenvalue weighted by Crippen LogP contribution is -2.29. The molecule has 19 heavy (non-hydrogen) atoms. The summed E-state index contributed by atoms with van der Waals surface area (Å²) in [5, 5.41) is 5.31. The number of carbonyl (C=O) groups excluding carboxylic acids is 2. The molecule has 2 aromatic carbocycles. The molecule has 4 nitrogen and oxygen atoms in total. The molecule has 0 bridgehead atoms. The zero-order valence-electron chi connectivity index (χ0n) is 9.89. The lowest BCUT2D eigenvalue weighted by Gasteiger charge is -2.07. The maximum atomic E-state index is 11.7. The standard InChI is InChI=1S/C14H11ClN2O2/c15-11-8-4-5-9-12(11)17-14(19)13(18)16-10-6-2-1-3-7-10/h1-9H,(H,16,18)(H,17,19). The van der Waals surface area contributed by atoms with Crippen LogP contribution in [0, 0.1) is 0 Å². The quantitative estimate of drug-likeness (QED) is 0.827. The fraction of sp³-hybridized carbons (Fsp3) is 0. The highest BCUT2D eigenvalue weighted by molar-refractivity contribution is 6.44. The Labute approximate surface area is 115 Å². The van der Waals surface area contributed by atoms with Gasteiger partial charge in [-0.05, 0) is 24.3 Å². The summed E-state index contributed by atoms with van der Waals surface area (Å²) >= 11 is 5.89. The molecule has 5 heteroatoms. The van der Waals surface area contributed by atoms with Gasteiger partial charge in [-0.2, -0.15) is 0 Å². The number of para-hydroxylation sites is 2. The molecule has 2 N–H and O–H groups in total. The van der Waals surface area contributed by atoms with Crippen LogP contribution in [0.25, 0.3) is 0 Å². The lowest BCUT2D eigenvalue weighted by atomic mass is 10.3. The molecule has 2 rings (SSSR count).